The molecule has 0 aliphatic carbocycles. The first-order valence-corrected chi connectivity index (χ1v) is 6.50. The second-order valence-electron chi connectivity index (χ2n) is 3.85. The molecule has 1 aliphatic heterocycles. The minimum absolute atomic E-state index is 0.0197. The Kier molecular flexibility index (Phi) is 3.04. The van der Waals surface area contributed by atoms with Gasteiger partial charge in [-0.05, 0) is 18.2 Å². The highest BCUT2D eigenvalue weighted by atomic mass is 32.2. The number of carboxylic acids is 1. The Bertz CT molecular complexity index is 626. The number of aromatic amines is 1. The van der Waals surface area contributed by atoms with Gasteiger partial charge >= 0.3 is 5.97 Å². The van der Waals surface area contributed by atoms with Gasteiger partial charge in [-0.1, -0.05) is 11.8 Å². The lowest BCUT2D eigenvalue weighted by atomic mass is 10.1. The number of aromatic nitrogens is 2. The summed E-state index contributed by atoms with van der Waals surface area (Å²) >= 11 is 1.15. The molecule has 1 aliphatic rings. The Morgan fingerprint density at radius 1 is 1.42 bits per heavy atom. The molecule has 3 rings (SSSR count). The molecule has 0 fully saturated rings. The lowest BCUT2D eigenvalue weighted by Gasteiger charge is -2.00. The Morgan fingerprint density at radius 3 is 3.11 bits per heavy atom. The lowest BCUT2D eigenvalue weighted by molar-refractivity contribution is -0.133. The summed E-state index contributed by atoms with van der Waals surface area (Å²) in [5.74, 6) is 0.537. The topological polar surface area (TPSA) is 84.4 Å². The first-order chi connectivity index (χ1) is 9.22. The Hall–Kier alpha value is -2.15. The van der Waals surface area contributed by atoms with E-state index in [0.717, 1.165) is 28.8 Å². The van der Waals surface area contributed by atoms with Crippen LogP contribution < -0.4 is 9.47 Å². The van der Waals surface area contributed by atoms with Gasteiger partial charge in [0.05, 0.1) is 17.6 Å². The highest BCUT2D eigenvalue weighted by Gasteiger charge is 2.14. The van der Waals surface area contributed by atoms with Gasteiger partial charge in [0.25, 0.3) is 0 Å². The summed E-state index contributed by atoms with van der Waals surface area (Å²) in [6.07, 6.45) is 1.67. The number of hydrogen-bond donors (Lipinski definition) is 2. The molecule has 6 nitrogen and oxygen atoms in total. The van der Waals surface area contributed by atoms with E-state index in [1.54, 1.807) is 6.20 Å². The number of imidazole rings is 1. The summed E-state index contributed by atoms with van der Waals surface area (Å²) < 4.78 is 10.5. The van der Waals surface area contributed by atoms with Crippen molar-refractivity contribution in [2.45, 2.75) is 5.16 Å². The first kappa shape index (κ1) is 11.9. The van der Waals surface area contributed by atoms with Crippen molar-refractivity contribution in [2.75, 3.05) is 12.5 Å². The Morgan fingerprint density at radius 2 is 2.26 bits per heavy atom. The average Bonchev–Trinajstić information content (AvgIpc) is 3.04. The van der Waals surface area contributed by atoms with E-state index in [9.17, 15) is 4.79 Å². The molecule has 0 saturated heterocycles. The molecule has 2 heterocycles. The molecular formula is C12H10N2O4S. The number of nitrogens with one attached hydrogen (secondary N) is 1. The van der Waals surface area contributed by atoms with Gasteiger partial charge in [0.15, 0.2) is 16.7 Å². The van der Waals surface area contributed by atoms with E-state index in [4.69, 9.17) is 14.6 Å². The minimum Gasteiger partial charge on any atom is -0.481 e. The predicted molar refractivity (Wildman–Crippen MR) is 68.5 cm³/mol. The van der Waals surface area contributed by atoms with E-state index in [-0.39, 0.29) is 12.5 Å². The van der Waals surface area contributed by atoms with E-state index >= 15 is 0 Å². The number of carbonyl (C=O) groups is 1. The molecule has 0 spiro atoms. The number of nitrogens with zero attached hydrogens (tertiary/aromatic N) is 1. The smallest absolute Gasteiger partial charge is 0.313 e. The number of thioether (sulfide) groups is 1. The van der Waals surface area contributed by atoms with Crippen LogP contribution in [0, 0.1) is 0 Å². The zero-order valence-electron chi connectivity index (χ0n) is 9.75. The van der Waals surface area contributed by atoms with Crippen molar-refractivity contribution in [3.63, 3.8) is 0 Å². The molecule has 0 radical (unpaired) electrons. The zero-order valence-corrected chi connectivity index (χ0v) is 10.6. The number of hydrogen-bond acceptors (Lipinski definition) is 5. The summed E-state index contributed by atoms with van der Waals surface area (Å²) in [6, 6.07) is 5.59. The molecule has 19 heavy (non-hydrogen) atoms. The van der Waals surface area contributed by atoms with Crippen LogP contribution in [0.5, 0.6) is 11.5 Å². The average molecular weight is 278 g/mol. The summed E-state index contributed by atoms with van der Waals surface area (Å²) in [5.41, 5.74) is 1.73. The van der Waals surface area contributed by atoms with Crippen LogP contribution in [-0.2, 0) is 4.79 Å². The second kappa shape index (κ2) is 4.85. The quantitative estimate of drug-likeness (QED) is 0.832. The molecule has 7 heteroatoms. The number of fused-ring (bicyclic) bond motifs is 1. The molecular weight excluding hydrogens is 268 g/mol. The monoisotopic (exact) mass is 278 g/mol. The number of carboxylic acid groups (broad SMARTS) is 1. The standard InChI is InChI=1S/C12H10N2O4S/c15-11(16)5-19-12-13-4-8(14-12)7-1-2-9-10(3-7)18-6-17-9/h1-4H,5-6H2,(H,13,14)(H,15,16). The third-order valence-electron chi connectivity index (χ3n) is 2.57. The van der Waals surface area contributed by atoms with Gasteiger partial charge in [-0.3, -0.25) is 4.79 Å². The van der Waals surface area contributed by atoms with Gasteiger partial charge in [0, 0.05) is 5.56 Å². The maximum absolute atomic E-state index is 10.5. The van der Waals surface area contributed by atoms with Gasteiger partial charge in [0.2, 0.25) is 6.79 Å². The van der Waals surface area contributed by atoms with E-state index in [2.05, 4.69) is 9.97 Å². The number of benzene rings is 1. The summed E-state index contributed by atoms with van der Waals surface area (Å²) in [7, 11) is 0. The van der Waals surface area contributed by atoms with Crippen molar-refractivity contribution < 1.29 is 19.4 Å². The van der Waals surface area contributed by atoms with E-state index in [1.807, 2.05) is 18.2 Å². The van der Waals surface area contributed by atoms with Crippen molar-refractivity contribution >= 4 is 17.7 Å². The lowest BCUT2D eigenvalue weighted by Crippen LogP contribution is -1.97. The molecule has 0 amide bonds. The number of H-pyrrole nitrogens is 1. The Balaban J connectivity index is 1.80. The van der Waals surface area contributed by atoms with Crippen LogP contribution in [0.2, 0.25) is 0 Å². The third kappa shape index (κ3) is 2.50. The minimum atomic E-state index is -0.869. The van der Waals surface area contributed by atoms with Gasteiger partial charge in [-0.2, -0.15) is 0 Å². The molecule has 1 aromatic carbocycles. The van der Waals surface area contributed by atoms with Gasteiger partial charge in [-0.15, -0.1) is 0 Å². The summed E-state index contributed by atoms with van der Waals surface area (Å²) in [6.45, 7) is 0.238. The third-order valence-corrected chi connectivity index (χ3v) is 3.44. The van der Waals surface area contributed by atoms with Crippen LogP contribution in [-0.4, -0.2) is 33.6 Å². The highest BCUT2D eigenvalue weighted by molar-refractivity contribution is 7.99. The highest BCUT2D eigenvalue weighted by Crippen LogP contribution is 2.35. The molecule has 2 N–H and O–H groups in total. The number of rotatable bonds is 4. The van der Waals surface area contributed by atoms with Gasteiger partial charge in [-0.25, -0.2) is 4.98 Å². The van der Waals surface area contributed by atoms with Crippen LogP contribution in [0.25, 0.3) is 11.3 Å². The second-order valence-corrected chi connectivity index (χ2v) is 4.82. The predicted octanol–water partition coefficient (Wildman–Crippen LogP) is 1.98. The van der Waals surface area contributed by atoms with E-state index in [0.29, 0.717) is 10.9 Å². The maximum Gasteiger partial charge on any atom is 0.313 e. The van der Waals surface area contributed by atoms with Gasteiger partial charge in [0.1, 0.15) is 0 Å². The van der Waals surface area contributed by atoms with Crippen LogP contribution in [0.3, 0.4) is 0 Å². The molecule has 0 bridgehead atoms. The van der Waals surface area contributed by atoms with Gasteiger partial charge < -0.3 is 19.6 Å². The van der Waals surface area contributed by atoms with E-state index in [1.165, 1.54) is 0 Å². The molecule has 0 atom stereocenters. The SMILES string of the molecule is O=C(O)CSc1ncc(-c2ccc3c(c2)OCO3)[nH]1. The van der Waals surface area contributed by atoms with Crippen LogP contribution in [0.1, 0.15) is 0 Å². The van der Waals surface area contributed by atoms with Crippen molar-refractivity contribution in [1.29, 1.82) is 0 Å². The van der Waals surface area contributed by atoms with Crippen molar-refractivity contribution in [2.24, 2.45) is 0 Å². The summed E-state index contributed by atoms with van der Waals surface area (Å²) in [4.78, 5) is 17.7. The van der Waals surface area contributed by atoms with Crippen LogP contribution in [0.4, 0.5) is 0 Å². The van der Waals surface area contributed by atoms with E-state index < -0.39 is 5.97 Å². The number of ether oxygens (including phenoxy) is 2. The molecule has 0 unspecified atom stereocenters. The first-order valence-electron chi connectivity index (χ1n) is 5.52. The normalized spacial score (nSPS) is 12.6. The largest absolute Gasteiger partial charge is 0.481 e. The maximum atomic E-state index is 10.5. The zero-order chi connectivity index (χ0) is 13.2. The number of aliphatic carboxylic acids is 1. The van der Waals surface area contributed by atoms with Crippen LogP contribution >= 0.6 is 11.8 Å². The van der Waals surface area contributed by atoms with Crippen molar-refractivity contribution in [1.82, 2.24) is 9.97 Å². The van der Waals surface area contributed by atoms with Crippen molar-refractivity contribution in [3.8, 4) is 22.8 Å². The fourth-order valence-electron chi connectivity index (χ4n) is 1.72. The molecule has 2 aromatic rings. The van der Waals surface area contributed by atoms with Crippen molar-refractivity contribution in [3.05, 3.63) is 24.4 Å². The van der Waals surface area contributed by atoms with Crippen LogP contribution in [0.15, 0.2) is 29.6 Å². The fourth-order valence-corrected chi connectivity index (χ4v) is 2.29. The molecule has 98 valence electrons. The molecule has 0 saturated carbocycles. The molecule has 1 aromatic heterocycles. The fraction of sp³-hybridized carbons (Fsp3) is 0.167. The Labute approximate surface area is 112 Å². The summed E-state index contributed by atoms with van der Waals surface area (Å²) in [5, 5.41) is 9.19.